The first-order valence-electron chi connectivity index (χ1n) is 4.82. The van der Waals surface area contributed by atoms with E-state index in [-0.39, 0.29) is 6.04 Å². The van der Waals surface area contributed by atoms with Crippen LogP contribution in [0.4, 0.5) is 0 Å². The maximum atomic E-state index is 5.84. The summed E-state index contributed by atoms with van der Waals surface area (Å²) >= 11 is 0. The molecule has 2 aromatic heterocycles. The van der Waals surface area contributed by atoms with Crippen LogP contribution in [0.5, 0.6) is 0 Å². The van der Waals surface area contributed by atoms with E-state index in [1.54, 1.807) is 0 Å². The van der Waals surface area contributed by atoms with Crippen LogP contribution < -0.4 is 5.73 Å². The Labute approximate surface area is 82.8 Å². The molecule has 0 aliphatic heterocycles. The van der Waals surface area contributed by atoms with Crippen molar-refractivity contribution in [2.24, 2.45) is 5.73 Å². The molecule has 4 nitrogen and oxygen atoms in total. The molecule has 0 spiro atoms. The molecule has 2 N–H and O–H groups in total. The lowest BCUT2D eigenvalue weighted by Gasteiger charge is -2.06. The number of aromatic nitrogens is 3. The molecule has 1 unspecified atom stereocenters. The van der Waals surface area contributed by atoms with Gasteiger partial charge >= 0.3 is 0 Å². The molecule has 2 rings (SSSR count). The van der Waals surface area contributed by atoms with Gasteiger partial charge in [-0.2, -0.15) is 5.10 Å². The molecular formula is C10H14N4. The lowest BCUT2D eigenvalue weighted by molar-refractivity contribution is 0.721. The number of rotatable bonds is 2. The quantitative estimate of drug-likeness (QED) is 0.776. The second-order valence-electron chi connectivity index (χ2n) is 3.39. The Kier molecular flexibility index (Phi) is 2.21. The summed E-state index contributed by atoms with van der Waals surface area (Å²) < 4.78 is 1.82. The van der Waals surface area contributed by atoms with Gasteiger partial charge in [-0.1, -0.05) is 13.0 Å². The molecule has 2 aromatic rings. The van der Waals surface area contributed by atoms with Crippen molar-refractivity contribution in [3.8, 4) is 0 Å². The first kappa shape index (κ1) is 9.15. The normalized spacial score (nSPS) is 13.4. The van der Waals surface area contributed by atoms with Crippen molar-refractivity contribution >= 4 is 5.65 Å². The van der Waals surface area contributed by atoms with Crippen LogP contribution in [0.2, 0.25) is 0 Å². The summed E-state index contributed by atoms with van der Waals surface area (Å²) in [5.74, 6) is 0.859. The van der Waals surface area contributed by atoms with Crippen LogP contribution in [-0.4, -0.2) is 14.6 Å². The highest BCUT2D eigenvalue weighted by molar-refractivity contribution is 5.39. The summed E-state index contributed by atoms with van der Waals surface area (Å²) in [5, 5.41) is 4.38. The summed E-state index contributed by atoms with van der Waals surface area (Å²) in [6.07, 6.45) is 0.847. The van der Waals surface area contributed by atoms with Gasteiger partial charge in [-0.15, -0.1) is 0 Å². The van der Waals surface area contributed by atoms with Crippen LogP contribution in [0.15, 0.2) is 18.2 Å². The summed E-state index contributed by atoms with van der Waals surface area (Å²) in [6, 6.07) is 5.86. The van der Waals surface area contributed by atoms with Gasteiger partial charge in [-0.05, 0) is 19.1 Å². The van der Waals surface area contributed by atoms with E-state index >= 15 is 0 Å². The molecule has 74 valence electrons. The Morgan fingerprint density at radius 1 is 1.50 bits per heavy atom. The highest BCUT2D eigenvalue weighted by Crippen LogP contribution is 2.11. The highest BCUT2D eigenvalue weighted by atomic mass is 15.3. The van der Waals surface area contributed by atoms with Crippen LogP contribution in [0.1, 0.15) is 31.4 Å². The van der Waals surface area contributed by atoms with Crippen LogP contribution >= 0.6 is 0 Å². The zero-order chi connectivity index (χ0) is 10.1. The van der Waals surface area contributed by atoms with Gasteiger partial charge in [0.05, 0.1) is 5.69 Å². The maximum Gasteiger partial charge on any atom is 0.155 e. The number of fused-ring (bicyclic) bond motifs is 1. The number of aryl methyl sites for hydroxylation is 1. The van der Waals surface area contributed by atoms with Gasteiger partial charge in [0, 0.05) is 12.5 Å². The molecule has 0 saturated heterocycles. The maximum absolute atomic E-state index is 5.84. The average molecular weight is 190 g/mol. The lowest BCUT2D eigenvalue weighted by atomic mass is 10.2. The third-order valence-electron chi connectivity index (χ3n) is 2.22. The number of nitrogens with two attached hydrogens (primary N) is 1. The van der Waals surface area contributed by atoms with E-state index in [0.717, 1.165) is 23.6 Å². The Morgan fingerprint density at radius 3 is 2.93 bits per heavy atom. The fourth-order valence-corrected chi connectivity index (χ4v) is 1.46. The van der Waals surface area contributed by atoms with E-state index in [4.69, 9.17) is 5.73 Å². The molecule has 0 aliphatic carbocycles. The predicted octanol–water partition coefficient (Wildman–Crippen LogP) is 1.31. The zero-order valence-electron chi connectivity index (χ0n) is 8.44. The summed E-state index contributed by atoms with van der Waals surface area (Å²) in [5.41, 5.74) is 7.71. The summed E-state index contributed by atoms with van der Waals surface area (Å²) in [7, 11) is 0. The average Bonchev–Trinajstić information content (AvgIpc) is 2.59. The third kappa shape index (κ3) is 1.37. The number of hydrogen-bond donors (Lipinski definition) is 1. The van der Waals surface area contributed by atoms with E-state index in [1.807, 2.05) is 36.6 Å². The number of nitrogens with zero attached hydrogens (tertiary/aromatic N) is 3. The summed E-state index contributed by atoms with van der Waals surface area (Å²) in [4.78, 5) is 4.37. The molecule has 0 aliphatic rings. The second-order valence-corrected chi connectivity index (χ2v) is 3.39. The van der Waals surface area contributed by atoms with Gasteiger partial charge in [0.1, 0.15) is 0 Å². The fraction of sp³-hybridized carbons (Fsp3) is 0.400. The highest BCUT2D eigenvalue weighted by Gasteiger charge is 2.08. The van der Waals surface area contributed by atoms with Crippen LogP contribution in [0.25, 0.3) is 5.65 Å². The Balaban J connectivity index is 2.66. The minimum atomic E-state index is -0.0230. The Bertz CT molecular complexity index is 444. The molecule has 0 saturated carbocycles. The minimum absolute atomic E-state index is 0.0230. The van der Waals surface area contributed by atoms with E-state index in [0.29, 0.717) is 0 Å². The predicted molar refractivity (Wildman–Crippen MR) is 55.0 cm³/mol. The van der Waals surface area contributed by atoms with Crippen molar-refractivity contribution in [1.29, 1.82) is 0 Å². The second kappa shape index (κ2) is 3.38. The summed E-state index contributed by atoms with van der Waals surface area (Å²) in [6.45, 7) is 3.99. The van der Waals surface area contributed by atoms with E-state index in [2.05, 4.69) is 10.1 Å². The Morgan fingerprint density at radius 2 is 2.29 bits per heavy atom. The lowest BCUT2D eigenvalue weighted by Crippen LogP contribution is -2.10. The first-order valence-corrected chi connectivity index (χ1v) is 4.82. The molecule has 14 heavy (non-hydrogen) atoms. The van der Waals surface area contributed by atoms with Gasteiger partial charge in [-0.3, -0.25) is 0 Å². The SMILES string of the molecule is CCc1nc2cccc(C(C)N)n2n1. The van der Waals surface area contributed by atoms with Crippen molar-refractivity contribution in [2.75, 3.05) is 0 Å². The van der Waals surface area contributed by atoms with E-state index < -0.39 is 0 Å². The van der Waals surface area contributed by atoms with E-state index in [9.17, 15) is 0 Å². The van der Waals surface area contributed by atoms with Gasteiger partial charge in [0.25, 0.3) is 0 Å². The van der Waals surface area contributed by atoms with Crippen molar-refractivity contribution in [3.05, 3.63) is 29.7 Å². The van der Waals surface area contributed by atoms with Gasteiger partial charge in [0.2, 0.25) is 0 Å². The van der Waals surface area contributed by atoms with Gasteiger partial charge < -0.3 is 5.73 Å². The third-order valence-corrected chi connectivity index (χ3v) is 2.22. The van der Waals surface area contributed by atoms with Crippen molar-refractivity contribution in [1.82, 2.24) is 14.6 Å². The molecule has 4 heteroatoms. The van der Waals surface area contributed by atoms with Gasteiger partial charge in [-0.25, -0.2) is 9.50 Å². The molecule has 0 radical (unpaired) electrons. The van der Waals surface area contributed by atoms with Crippen LogP contribution in [0.3, 0.4) is 0 Å². The fourth-order valence-electron chi connectivity index (χ4n) is 1.46. The molecule has 0 amide bonds. The van der Waals surface area contributed by atoms with Crippen molar-refractivity contribution in [3.63, 3.8) is 0 Å². The molecule has 0 aromatic carbocycles. The van der Waals surface area contributed by atoms with Crippen LogP contribution in [0, 0.1) is 0 Å². The number of pyridine rings is 1. The van der Waals surface area contributed by atoms with Crippen LogP contribution in [-0.2, 0) is 6.42 Å². The minimum Gasteiger partial charge on any atom is -0.323 e. The molecule has 1 atom stereocenters. The molecular weight excluding hydrogens is 176 g/mol. The Hall–Kier alpha value is -1.42. The first-order chi connectivity index (χ1) is 6.72. The topological polar surface area (TPSA) is 56.2 Å². The standard InChI is InChI=1S/C10H14N4/c1-3-9-12-10-6-4-5-8(7(2)11)14(10)13-9/h4-7H,3,11H2,1-2H3. The molecule has 0 bridgehead atoms. The van der Waals surface area contributed by atoms with Crippen molar-refractivity contribution in [2.45, 2.75) is 26.3 Å². The molecule has 0 fully saturated rings. The number of hydrogen-bond acceptors (Lipinski definition) is 3. The zero-order valence-corrected chi connectivity index (χ0v) is 8.44. The van der Waals surface area contributed by atoms with Crippen molar-refractivity contribution < 1.29 is 0 Å². The largest absolute Gasteiger partial charge is 0.323 e. The monoisotopic (exact) mass is 190 g/mol. The van der Waals surface area contributed by atoms with E-state index in [1.165, 1.54) is 0 Å². The van der Waals surface area contributed by atoms with Gasteiger partial charge in [0.15, 0.2) is 11.5 Å². The molecule has 2 heterocycles. The smallest absolute Gasteiger partial charge is 0.155 e.